The van der Waals surface area contributed by atoms with Gasteiger partial charge in [0.25, 0.3) is 0 Å². The summed E-state index contributed by atoms with van der Waals surface area (Å²) >= 11 is 1.56. The van der Waals surface area contributed by atoms with E-state index >= 15 is 0 Å². The van der Waals surface area contributed by atoms with Crippen LogP contribution in [0.1, 0.15) is 11.4 Å². The van der Waals surface area contributed by atoms with E-state index in [4.69, 9.17) is 4.74 Å². The maximum Gasteiger partial charge on any atom is 0.319 e. The zero-order valence-electron chi connectivity index (χ0n) is 13.2. The number of aliphatic hydroxyl groups is 1. The Morgan fingerprint density at radius 2 is 2.22 bits per heavy atom. The van der Waals surface area contributed by atoms with Crippen LogP contribution in [-0.4, -0.2) is 42.5 Å². The molecule has 2 rings (SSSR count). The van der Waals surface area contributed by atoms with Crippen molar-refractivity contribution < 1.29 is 14.6 Å². The van der Waals surface area contributed by atoms with Gasteiger partial charge in [-0.2, -0.15) is 0 Å². The molecule has 1 aromatic heterocycles. The molecule has 0 radical (unpaired) electrons. The first-order chi connectivity index (χ1) is 11.1. The van der Waals surface area contributed by atoms with Crippen LogP contribution in [0.25, 0.3) is 11.3 Å². The molecule has 0 aliphatic carbocycles. The van der Waals surface area contributed by atoms with Gasteiger partial charge in [0.2, 0.25) is 0 Å². The van der Waals surface area contributed by atoms with Gasteiger partial charge >= 0.3 is 6.03 Å². The molecule has 6 nitrogen and oxygen atoms in total. The summed E-state index contributed by atoms with van der Waals surface area (Å²) in [6.07, 6.45) is 0.549. The van der Waals surface area contributed by atoms with Crippen molar-refractivity contribution in [2.45, 2.75) is 19.4 Å². The van der Waals surface area contributed by atoms with E-state index in [1.54, 1.807) is 18.4 Å². The Kier molecular flexibility index (Phi) is 6.52. The van der Waals surface area contributed by atoms with Crippen LogP contribution in [0.4, 0.5) is 10.5 Å². The number of hydrogen-bond acceptors (Lipinski definition) is 5. The largest absolute Gasteiger partial charge is 0.394 e. The van der Waals surface area contributed by atoms with Gasteiger partial charge in [-0.3, -0.25) is 0 Å². The maximum atomic E-state index is 12.1. The Hall–Kier alpha value is -1.96. The molecule has 1 atom stereocenters. The zero-order chi connectivity index (χ0) is 16.7. The molecule has 0 fully saturated rings. The minimum absolute atomic E-state index is 0.135. The maximum absolute atomic E-state index is 12.1. The van der Waals surface area contributed by atoms with Gasteiger partial charge in [-0.15, -0.1) is 11.3 Å². The number of thiazole rings is 1. The summed E-state index contributed by atoms with van der Waals surface area (Å²) in [7, 11) is 1.58. The number of hydrogen-bond donors (Lipinski definition) is 3. The highest BCUT2D eigenvalue weighted by Crippen LogP contribution is 2.28. The van der Waals surface area contributed by atoms with Crippen molar-refractivity contribution in [3.63, 3.8) is 0 Å². The lowest BCUT2D eigenvalue weighted by molar-refractivity contribution is 0.161. The fourth-order valence-electron chi connectivity index (χ4n) is 2.12. The molecule has 0 bridgehead atoms. The highest BCUT2D eigenvalue weighted by Gasteiger charge is 2.14. The van der Waals surface area contributed by atoms with E-state index in [1.807, 2.05) is 36.6 Å². The van der Waals surface area contributed by atoms with Gasteiger partial charge in [-0.25, -0.2) is 9.78 Å². The summed E-state index contributed by atoms with van der Waals surface area (Å²) in [4.78, 5) is 16.6. The van der Waals surface area contributed by atoms with E-state index in [-0.39, 0.29) is 18.7 Å². The predicted molar refractivity (Wildman–Crippen MR) is 91.8 cm³/mol. The quantitative estimate of drug-likeness (QED) is 0.726. The number of aromatic nitrogens is 1. The molecule has 0 spiro atoms. The van der Waals surface area contributed by atoms with Gasteiger partial charge in [0.05, 0.1) is 29.0 Å². The molecule has 1 unspecified atom stereocenters. The van der Waals surface area contributed by atoms with Crippen LogP contribution in [0, 0.1) is 6.92 Å². The van der Waals surface area contributed by atoms with Crippen LogP contribution >= 0.6 is 11.3 Å². The monoisotopic (exact) mass is 335 g/mol. The first kappa shape index (κ1) is 17.4. The Morgan fingerprint density at radius 1 is 1.43 bits per heavy atom. The number of anilines is 1. The third kappa shape index (κ3) is 5.02. The van der Waals surface area contributed by atoms with Crippen molar-refractivity contribution in [3.05, 3.63) is 34.7 Å². The number of nitrogens with zero attached hydrogens (tertiary/aromatic N) is 1. The van der Waals surface area contributed by atoms with Crippen molar-refractivity contribution >= 4 is 23.1 Å². The fourth-order valence-corrected chi connectivity index (χ4v) is 2.73. The molecule has 0 aliphatic heterocycles. The average molecular weight is 335 g/mol. The lowest BCUT2D eigenvalue weighted by atomic mass is 10.1. The van der Waals surface area contributed by atoms with Gasteiger partial charge in [0.1, 0.15) is 0 Å². The van der Waals surface area contributed by atoms with E-state index in [0.29, 0.717) is 18.7 Å². The number of carbonyl (C=O) groups is 1. The molecule has 2 aromatic rings. The normalized spacial score (nSPS) is 12.0. The summed E-state index contributed by atoms with van der Waals surface area (Å²) < 4.78 is 4.96. The van der Waals surface area contributed by atoms with Gasteiger partial charge in [0.15, 0.2) is 0 Å². The first-order valence-corrected chi connectivity index (χ1v) is 8.21. The number of para-hydroxylation sites is 1. The van der Waals surface area contributed by atoms with Crippen LogP contribution in [-0.2, 0) is 4.74 Å². The highest BCUT2D eigenvalue weighted by atomic mass is 32.1. The van der Waals surface area contributed by atoms with Crippen molar-refractivity contribution in [1.29, 1.82) is 0 Å². The van der Waals surface area contributed by atoms with Gasteiger partial charge < -0.3 is 20.5 Å². The first-order valence-electron chi connectivity index (χ1n) is 7.33. The zero-order valence-corrected chi connectivity index (χ0v) is 14.0. The number of amides is 2. The molecule has 0 saturated heterocycles. The standard InChI is InChI=1S/C16H21N3O3S/c1-11-17-15(10-23-11)13-5-3-4-6-14(13)19-16(21)18-12(9-20)7-8-22-2/h3-6,10,12,20H,7-9H2,1-2H3,(H2,18,19,21). The van der Waals surface area contributed by atoms with Crippen LogP contribution in [0.15, 0.2) is 29.6 Å². The lowest BCUT2D eigenvalue weighted by Gasteiger charge is -2.17. The number of methoxy groups -OCH3 is 1. The molecule has 0 saturated carbocycles. The number of aryl methyl sites for hydroxylation is 1. The number of benzene rings is 1. The van der Waals surface area contributed by atoms with Crippen molar-refractivity contribution in [1.82, 2.24) is 10.3 Å². The number of aliphatic hydroxyl groups excluding tert-OH is 1. The van der Waals surface area contributed by atoms with Gasteiger partial charge in [-0.05, 0) is 19.4 Å². The fraction of sp³-hybridized carbons (Fsp3) is 0.375. The topological polar surface area (TPSA) is 83.5 Å². The number of rotatable bonds is 7. The molecule has 0 aliphatic rings. The van der Waals surface area contributed by atoms with Crippen LogP contribution < -0.4 is 10.6 Å². The average Bonchev–Trinajstić information content (AvgIpc) is 2.98. The van der Waals surface area contributed by atoms with Gasteiger partial charge in [-0.1, -0.05) is 18.2 Å². The lowest BCUT2D eigenvalue weighted by Crippen LogP contribution is -2.40. The Balaban J connectivity index is 2.06. The van der Waals surface area contributed by atoms with Crippen LogP contribution in [0.5, 0.6) is 0 Å². The van der Waals surface area contributed by atoms with Crippen LogP contribution in [0.3, 0.4) is 0 Å². The number of carbonyl (C=O) groups excluding carboxylic acids is 1. The molecule has 1 heterocycles. The van der Waals surface area contributed by atoms with Crippen LogP contribution in [0.2, 0.25) is 0 Å². The Morgan fingerprint density at radius 3 is 2.87 bits per heavy atom. The summed E-state index contributed by atoms with van der Waals surface area (Å²) in [5.41, 5.74) is 2.38. The smallest absolute Gasteiger partial charge is 0.319 e. The molecule has 23 heavy (non-hydrogen) atoms. The van der Waals surface area contributed by atoms with Crippen molar-refractivity contribution in [2.75, 3.05) is 25.6 Å². The molecular formula is C16H21N3O3S. The summed E-state index contributed by atoms with van der Waals surface area (Å²) in [6, 6.07) is 6.79. The SMILES string of the molecule is COCCC(CO)NC(=O)Nc1ccccc1-c1csc(C)n1. The van der Waals surface area contributed by atoms with Gasteiger partial charge in [0, 0.05) is 24.7 Å². The Labute approximate surface area is 139 Å². The Bertz CT molecular complexity index is 645. The van der Waals surface area contributed by atoms with Crippen molar-refractivity contribution in [3.8, 4) is 11.3 Å². The second-order valence-corrected chi connectivity index (χ2v) is 6.12. The third-order valence-corrected chi connectivity index (χ3v) is 4.07. The summed E-state index contributed by atoms with van der Waals surface area (Å²) in [6.45, 7) is 2.28. The highest BCUT2D eigenvalue weighted by molar-refractivity contribution is 7.09. The molecule has 2 amide bonds. The van der Waals surface area contributed by atoms with Crippen molar-refractivity contribution in [2.24, 2.45) is 0 Å². The molecule has 1 aromatic carbocycles. The summed E-state index contributed by atoms with van der Waals surface area (Å²) in [5.74, 6) is 0. The number of nitrogens with one attached hydrogen (secondary N) is 2. The predicted octanol–water partition coefficient (Wildman–Crippen LogP) is 2.64. The number of ether oxygens (including phenoxy) is 1. The number of urea groups is 1. The molecule has 3 N–H and O–H groups in total. The minimum atomic E-state index is -0.362. The summed E-state index contributed by atoms with van der Waals surface area (Å²) in [5, 5.41) is 17.8. The third-order valence-electron chi connectivity index (χ3n) is 3.30. The van der Waals surface area contributed by atoms with E-state index in [9.17, 15) is 9.90 Å². The minimum Gasteiger partial charge on any atom is -0.394 e. The second-order valence-electron chi connectivity index (χ2n) is 5.06. The second kappa shape index (κ2) is 8.61. The molecule has 124 valence electrons. The van der Waals surface area contributed by atoms with E-state index < -0.39 is 0 Å². The van der Waals surface area contributed by atoms with E-state index in [2.05, 4.69) is 15.6 Å². The van der Waals surface area contributed by atoms with E-state index in [1.165, 1.54) is 0 Å². The molecule has 7 heteroatoms. The van der Waals surface area contributed by atoms with E-state index in [0.717, 1.165) is 16.3 Å². The molecular weight excluding hydrogens is 314 g/mol.